The van der Waals surface area contributed by atoms with E-state index >= 15 is 0 Å². The molecule has 6 heteroatoms. The number of phenolic OH excluding ortho intramolecular Hbond substituents is 1. The van der Waals surface area contributed by atoms with Crippen molar-refractivity contribution in [2.24, 2.45) is 5.41 Å². The van der Waals surface area contributed by atoms with Crippen LogP contribution in [0.5, 0.6) is 11.5 Å². The van der Waals surface area contributed by atoms with Crippen molar-refractivity contribution >= 4 is 11.9 Å². The molecule has 2 fully saturated rings. The highest BCUT2D eigenvalue weighted by Gasteiger charge is 2.50. The van der Waals surface area contributed by atoms with Crippen LogP contribution in [-0.4, -0.2) is 47.7 Å². The number of nitrogens with zero attached hydrogens (tertiary/aromatic N) is 1. The maximum absolute atomic E-state index is 12.9. The molecule has 0 aromatic heterocycles. The van der Waals surface area contributed by atoms with E-state index in [-0.39, 0.29) is 35.5 Å². The Morgan fingerprint density at radius 3 is 2.56 bits per heavy atom. The van der Waals surface area contributed by atoms with Gasteiger partial charge in [0.05, 0.1) is 13.5 Å². The van der Waals surface area contributed by atoms with Gasteiger partial charge in [0, 0.05) is 12.6 Å². The highest BCUT2D eigenvalue weighted by atomic mass is 16.5. The van der Waals surface area contributed by atoms with Gasteiger partial charge in [0.25, 0.3) is 5.91 Å². The summed E-state index contributed by atoms with van der Waals surface area (Å²) in [6, 6.07) is 6.17. The molecule has 1 aliphatic carbocycles. The lowest BCUT2D eigenvalue weighted by Gasteiger charge is -2.38. The maximum atomic E-state index is 12.9. The summed E-state index contributed by atoms with van der Waals surface area (Å²) in [7, 11) is 1.37. The van der Waals surface area contributed by atoms with Crippen LogP contribution in [0, 0.1) is 5.41 Å². The predicted octanol–water partition coefficient (Wildman–Crippen LogP) is 2.49. The number of hydrogen-bond donors (Lipinski definition) is 1. The van der Waals surface area contributed by atoms with Crippen LogP contribution in [0.4, 0.5) is 0 Å². The van der Waals surface area contributed by atoms with Crippen molar-refractivity contribution < 1.29 is 24.2 Å². The first-order valence-corrected chi connectivity index (χ1v) is 8.75. The summed E-state index contributed by atoms with van der Waals surface area (Å²) < 4.78 is 10.5. The molecule has 1 aliphatic heterocycles. The van der Waals surface area contributed by atoms with Gasteiger partial charge in [-0.1, -0.05) is 6.42 Å². The van der Waals surface area contributed by atoms with Crippen molar-refractivity contribution in [3.8, 4) is 11.5 Å². The van der Waals surface area contributed by atoms with E-state index in [2.05, 4.69) is 0 Å². The van der Waals surface area contributed by atoms with E-state index in [1.807, 2.05) is 0 Å². The summed E-state index contributed by atoms with van der Waals surface area (Å²) in [6.45, 7) is 2.41. The fourth-order valence-corrected chi connectivity index (χ4v) is 3.93. The number of benzene rings is 1. The predicted molar refractivity (Wildman–Crippen MR) is 91.2 cm³/mol. The number of rotatable bonds is 5. The molecule has 1 N–H and O–H groups in total. The van der Waals surface area contributed by atoms with E-state index in [4.69, 9.17) is 9.47 Å². The maximum Gasteiger partial charge on any atom is 0.307 e. The molecule has 1 aromatic rings. The second-order valence-corrected chi connectivity index (χ2v) is 7.21. The number of esters is 1. The summed E-state index contributed by atoms with van der Waals surface area (Å²) in [6.07, 6.45) is 3.85. The van der Waals surface area contributed by atoms with Gasteiger partial charge in [-0.3, -0.25) is 9.59 Å². The van der Waals surface area contributed by atoms with Gasteiger partial charge in [0.15, 0.2) is 6.10 Å². The minimum atomic E-state index is -0.653. The number of phenols is 1. The summed E-state index contributed by atoms with van der Waals surface area (Å²) in [4.78, 5) is 26.5. The van der Waals surface area contributed by atoms with Gasteiger partial charge < -0.3 is 19.5 Å². The largest absolute Gasteiger partial charge is 0.508 e. The van der Waals surface area contributed by atoms with Gasteiger partial charge in [-0.2, -0.15) is 0 Å². The molecule has 2 atom stereocenters. The Morgan fingerprint density at radius 2 is 2.00 bits per heavy atom. The molecule has 3 rings (SSSR count). The fraction of sp³-hybridized carbons (Fsp3) is 0.579. The zero-order valence-corrected chi connectivity index (χ0v) is 14.7. The van der Waals surface area contributed by atoms with Gasteiger partial charge in [0.2, 0.25) is 0 Å². The van der Waals surface area contributed by atoms with Gasteiger partial charge in [-0.15, -0.1) is 0 Å². The van der Waals surface area contributed by atoms with Crippen LogP contribution in [0.3, 0.4) is 0 Å². The minimum absolute atomic E-state index is 0.106. The first-order valence-electron chi connectivity index (χ1n) is 8.75. The van der Waals surface area contributed by atoms with Crippen LogP contribution >= 0.6 is 0 Å². The van der Waals surface area contributed by atoms with Gasteiger partial charge in [-0.25, -0.2) is 0 Å². The van der Waals surface area contributed by atoms with E-state index < -0.39 is 6.10 Å². The second-order valence-electron chi connectivity index (χ2n) is 7.21. The molecule has 136 valence electrons. The molecule has 6 nitrogen and oxygen atoms in total. The molecular weight excluding hydrogens is 322 g/mol. The van der Waals surface area contributed by atoms with Crippen molar-refractivity contribution in [3.05, 3.63) is 24.3 Å². The topological polar surface area (TPSA) is 76.1 Å². The van der Waals surface area contributed by atoms with E-state index in [0.717, 1.165) is 19.3 Å². The van der Waals surface area contributed by atoms with E-state index in [9.17, 15) is 14.7 Å². The molecule has 0 radical (unpaired) electrons. The minimum Gasteiger partial charge on any atom is -0.508 e. The lowest BCUT2D eigenvalue weighted by molar-refractivity contribution is -0.144. The van der Waals surface area contributed by atoms with Crippen molar-refractivity contribution in [3.63, 3.8) is 0 Å². The third-order valence-electron chi connectivity index (χ3n) is 5.44. The average Bonchev–Trinajstić information content (AvgIpc) is 2.96. The Morgan fingerprint density at radius 1 is 1.32 bits per heavy atom. The van der Waals surface area contributed by atoms with Crippen molar-refractivity contribution in [2.75, 3.05) is 13.7 Å². The van der Waals surface area contributed by atoms with Crippen molar-refractivity contribution in [2.45, 2.75) is 51.2 Å². The van der Waals surface area contributed by atoms with E-state index in [1.165, 1.54) is 25.7 Å². The standard InChI is InChI=1S/C19H25NO5/c1-13(25-16-6-4-15(21)5-7-16)18(23)20-12-19(8-3-9-19)11-14(20)10-17(22)24-2/h4-7,13-14,21H,3,8-12H2,1-2H3/t13-,14?/m1/s1. The SMILES string of the molecule is COC(=O)CC1CC2(CCC2)CN1C(=O)[C@@H](C)Oc1ccc(O)cc1. The highest BCUT2D eigenvalue weighted by Crippen LogP contribution is 2.51. The van der Waals surface area contributed by atoms with Crippen LogP contribution in [0.25, 0.3) is 0 Å². The number of hydrogen-bond acceptors (Lipinski definition) is 5. The van der Waals surface area contributed by atoms with Gasteiger partial charge in [0.1, 0.15) is 11.5 Å². The van der Waals surface area contributed by atoms with Crippen LogP contribution in [0.2, 0.25) is 0 Å². The number of amides is 1. The average molecular weight is 347 g/mol. The molecule has 25 heavy (non-hydrogen) atoms. The number of carbonyl (C=O) groups is 2. The molecule has 1 amide bonds. The highest BCUT2D eigenvalue weighted by molar-refractivity contribution is 5.82. The summed E-state index contributed by atoms with van der Waals surface area (Å²) in [5.41, 5.74) is 0.173. The molecule has 1 saturated carbocycles. The third kappa shape index (κ3) is 3.72. The Hall–Kier alpha value is -2.24. The lowest BCUT2D eigenvalue weighted by Crippen LogP contribution is -2.45. The quantitative estimate of drug-likeness (QED) is 0.828. The molecule has 1 aromatic carbocycles. The van der Waals surface area contributed by atoms with Crippen LogP contribution in [0.15, 0.2) is 24.3 Å². The Kier molecular flexibility index (Phi) is 4.88. The van der Waals surface area contributed by atoms with Crippen LogP contribution in [-0.2, 0) is 14.3 Å². The molecular formula is C19H25NO5. The van der Waals surface area contributed by atoms with Crippen molar-refractivity contribution in [1.29, 1.82) is 0 Å². The molecule has 2 aliphatic rings. The Balaban J connectivity index is 1.68. The molecule has 0 bridgehead atoms. The fourth-order valence-electron chi connectivity index (χ4n) is 3.93. The normalized spacial score (nSPS) is 22.3. The van der Waals surface area contributed by atoms with Crippen LogP contribution < -0.4 is 4.74 Å². The second kappa shape index (κ2) is 6.94. The zero-order chi connectivity index (χ0) is 18.0. The molecule has 1 saturated heterocycles. The van der Waals surface area contributed by atoms with E-state index in [0.29, 0.717) is 12.3 Å². The van der Waals surface area contributed by atoms with Crippen molar-refractivity contribution in [1.82, 2.24) is 4.90 Å². The number of methoxy groups -OCH3 is 1. The first kappa shape index (κ1) is 17.6. The number of aromatic hydroxyl groups is 1. The molecule has 1 heterocycles. The molecule has 1 spiro atoms. The van der Waals surface area contributed by atoms with Gasteiger partial charge in [-0.05, 0) is 55.9 Å². The first-order chi connectivity index (χ1) is 11.9. The third-order valence-corrected chi connectivity index (χ3v) is 5.44. The number of likely N-dealkylation sites (tertiary alicyclic amines) is 1. The number of carbonyl (C=O) groups excluding carboxylic acids is 2. The zero-order valence-electron chi connectivity index (χ0n) is 14.7. The number of ether oxygens (including phenoxy) is 2. The summed E-state index contributed by atoms with van der Waals surface area (Å²) >= 11 is 0. The Bertz CT molecular complexity index is 638. The van der Waals surface area contributed by atoms with Crippen LogP contribution in [0.1, 0.15) is 39.0 Å². The molecule has 1 unspecified atom stereocenters. The Labute approximate surface area is 147 Å². The lowest BCUT2D eigenvalue weighted by atomic mass is 9.67. The monoisotopic (exact) mass is 347 g/mol. The van der Waals surface area contributed by atoms with Gasteiger partial charge >= 0.3 is 5.97 Å². The summed E-state index contributed by atoms with van der Waals surface area (Å²) in [5, 5.41) is 9.33. The summed E-state index contributed by atoms with van der Waals surface area (Å²) in [5.74, 6) is 0.286. The van der Waals surface area contributed by atoms with E-state index in [1.54, 1.807) is 24.0 Å². The smallest absolute Gasteiger partial charge is 0.307 e.